The lowest BCUT2D eigenvalue weighted by Crippen LogP contribution is -2.27. The minimum Gasteiger partial charge on any atom is -0.508 e. The Bertz CT molecular complexity index is 1090. The first-order valence-corrected chi connectivity index (χ1v) is 9.29. The first kappa shape index (κ1) is 17.5. The van der Waals surface area contributed by atoms with Crippen LogP contribution in [0.1, 0.15) is 5.69 Å². The number of ether oxygens (including phenoxy) is 1. The number of aromatic nitrogens is 1. The van der Waals surface area contributed by atoms with Gasteiger partial charge in [-0.2, -0.15) is 0 Å². The van der Waals surface area contributed by atoms with Crippen LogP contribution in [0.4, 0.5) is 5.69 Å². The van der Waals surface area contributed by atoms with Gasteiger partial charge in [0.05, 0.1) is 28.9 Å². The molecule has 134 valence electrons. The van der Waals surface area contributed by atoms with Crippen LogP contribution in [0.15, 0.2) is 59.5 Å². The number of methoxy groups -OCH3 is 1. The first-order chi connectivity index (χ1) is 13.0. The second-order valence-electron chi connectivity index (χ2n) is 5.83. The summed E-state index contributed by atoms with van der Waals surface area (Å²) in [5.41, 5.74) is 2.12. The molecular formula is C20H14N2O3S2. The quantitative estimate of drug-likeness (QED) is 0.526. The van der Waals surface area contributed by atoms with Gasteiger partial charge in [-0.1, -0.05) is 30.0 Å². The molecule has 4 rings (SSSR count). The maximum Gasteiger partial charge on any atom is 0.270 e. The number of anilines is 1. The highest BCUT2D eigenvalue weighted by atomic mass is 32.2. The summed E-state index contributed by atoms with van der Waals surface area (Å²) in [7, 11) is 1.62. The van der Waals surface area contributed by atoms with Gasteiger partial charge in [0.2, 0.25) is 0 Å². The molecule has 1 N–H and O–H groups in total. The third-order valence-electron chi connectivity index (χ3n) is 4.10. The molecule has 1 aliphatic heterocycles. The summed E-state index contributed by atoms with van der Waals surface area (Å²) >= 11 is 6.59. The number of thiocarbonyl (C=S) groups is 1. The molecule has 3 aromatic rings. The van der Waals surface area contributed by atoms with Crippen LogP contribution in [0.25, 0.3) is 17.0 Å². The minimum atomic E-state index is -0.202. The molecule has 1 aromatic heterocycles. The van der Waals surface area contributed by atoms with E-state index in [0.29, 0.717) is 20.6 Å². The van der Waals surface area contributed by atoms with E-state index in [2.05, 4.69) is 4.98 Å². The van der Waals surface area contributed by atoms with E-state index in [0.717, 1.165) is 16.7 Å². The van der Waals surface area contributed by atoms with Gasteiger partial charge >= 0.3 is 0 Å². The molecule has 0 unspecified atom stereocenters. The summed E-state index contributed by atoms with van der Waals surface area (Å²) in [5.74, 6) is 0.705. The summed E-state index contributed by atoms with van der Waals surface area (Å²) in [5, 5.41) is 10.4. The van der Waals surface area contributed by atoms with Crippen molar-refractivity contribution in [3.05, 3.63) is 65.2 Å². The van der Waals surface area contributed by atoms with Gasteiger partial charge < -0.3 is 9.84 Å². The number of nitrogens with zero attached hydrogens (tertiary/aromatic N) is 2. The summed E-state index contributed by atoms with van der Waals surface area (Å²) in [4.78, 5) is 19.3. The van der Waals surface area contributed by atoms with E-state index in [4.69, 9.17) is 17.0 Å². The van der Waals surface area contributed by atoms with E-state index < -0.39 is 0 Å². The second kappa shape index (κ2) is 7.02. The van der Waals surface area contributed by atoms with Gasteiger partial charge in [0, 0.05) is 5.39 Å². The summed E-state index contributed by atoms with van der Waals surface area (Å²) in [6.45, 7) is 0. The number of pyridine rings is 1. The van der Waals surface area contributed by atoms with Gasteiger partial charge in [-0.25, -0.2) is 4.98 Å². The number of thioether (sulfide) groups is 1. The fourth-order valence-corrected chi connectivity index (χ4v) is 4.04. The third kappa shape index (κ3) is 3.39. The van der Waals surface area contributed by atoms with Crippen molar-refractivity contribution < 1.29 is 14.6 Å². The molecule has 1 amide bonds. The fraction of sp³-hybridized carbons (Fsp3) is 0.0500. The molecule has 2 heterocycles. The third-order valence-corrected chi connectivity index (χ3v) is 5.40. The molecule has 1 saturated heterocycles. The van der Waals surface area contributed by atoms with Crippen molar-refractivity contribution in [3.8, 4) is 11.5 Å². The normalized spacial score (nSPS) is 15.7. The number of carbonyl (C=O) groups is 1. The average Bonchev–Trinajstić information content (AvgIpc) is 2.95. The van der Waals surface area contributed by atoms with E-state index in [1.165, 1.54) is 28.8 Å². The molecule has 1 aliphatic rings. The molecule has 0 aliphatic carbocycles. The number of fused-ring (bicyclic) bond motifs is 1. The first-order valence-electron chi connectivity index (χ1n) is 8.07. The molecule has 0 saturated carbocycles. The highest BCUT2D eigenvalue weighted by molar-refractivity contribution is 8.27. The van der Waals surface area contributed by atoms with Crippen molar-refractivity contribution in [1.82, 2.24) is 4.98 Å². The minimum absolute atomic E-state index is 0.136. The van der Waals surface area contributed by atoms with Crippen LogP contribution in [-0.4, -0.2) is 27.4 Å². The topological polar surface area (TPSA) is 62.7 Å². The number of hydrogen-bond donors (Lipinski definition) is 1. The van der Waals surface area contributed by atoms with E-state index >= 15 is 0 Å². The van der Waals surface area contributed by atoms with Crippen LogP contribution in [0, 0.1) is 0 Å². The van der Waals surface area contributed by atoms with Crippen molar-refractivity contribution >= 4 is 56.9 Å². The Morgan fingerprint density at radius 3 is 2.67 bits per heavy atom. The van der Waals surface area contributed by atoms with E-state index in [1.54, 1.807) is 25.3 Å². The van der Waals surface area contributed by atoms with Crippen LogP contribution in [0.3, 0.4) is 0 Å². The lowest BCUT2D eigenvalue weighted by molar-refractivity contribution is -0.113. The van der Waals surface area contributed by atoms with E-state index in [-0.39, 0.29) is 11.7 Å². The maximum absolute atomic E-state index is 12.8. The molecule has 0 spiro atoms. The average molecular weight is 394 g/mol. The van der Waals surface area contributed by atoms with Crippen molar-refractivity contribution in [3.63, 3.8) is 0 Å². The predicted molar refractivity (Wildman–Crippen MR) is 112 cm³/mol. The summed E-state index contributed by atoms with van der Waals surface area (Å²) < 4.78 is 5.67. The van der Waals surface area contributed by atoms with Gasteiger partial charge in [-0.15, -0.1) is 0 Å². The molecule has 0 atom stereocenters. The smallest absolute Gasteiger partial charge is 0.270 e. The number of hydrogen-bond acceptors (Lipinski definition) is 6. The fourth-order valence-electron chi connectivity index (χ4n) is 2.75. The Morgan fingerprint density at radius 1 is 1.15 bits per heavy atom. The van der Waals surface area contributed by atoms with E-state index in [9.17, 15) is 9.90 Å². The lowest BCUT2D eigenvalue weighted by atomic mass is 10.2. The number of phenols is 1. The highest BCUT2D eigenvalue weighted by Gasteiger charge is 2.33. The lowest BCUT2D eigenvalue weighted by Gasteiger charge is -2.14. The highest BCUT2D eigenvalue weighted by Crippen LogP contribution is 2.36. The Kier molecular flexibility index (Phi) is 4.55. The molecule has 7 heteroatoms. The maximum atomic E-state index is 12.8. The van der Waals surface area contributed by atoms with Crippen LogP contribution >= 0.6 is 24.0 Å². The van der Waals surface area contributed by atoms with E-state index in [1.807, 2.05) is 30.3 Å². The number of amides is 1. The number of phenolic OH excluding ortho intramolecular Hbond substituents is 1. The molecule has 0 radical (unpaired) electrons. The van der Waals surface area contributed by atoms with Crippen molar-refractivity contribution in [2.75, 3.05) is 12.0 Å². The van der Waals surface area contributed by atoms with Crippen LogP contribution < -0.4 is 9.64 Å². The predicted octanol–water partition coefficient (Wildman–Crippen LogP) is 4.35. The van der Waals surface area contributed by atoms with Gasteiger partial charge in [0.15, 0.2) is 4.32 Å². The molecule has 2 aromatic carbocycles. The second-order valence-corrected chi connectivity index (χ2v) is 7.50. The van der Waals surface area contributed by atoms with Crippen LogP contribution in [-0.2, 0) is 4.79 Å². The van der Waals surface area contributed by atoms with Crippen molar-refractivity contribution in [2.24, 2.45) is 0 Å². The molecule has 0 bridgehead atoms. The van der Waals surface area contributed by atoms with Crippen LogP contribution in [0.5, 0.6) is 11.5 Å². The van der Waals surface area contributed by atoms with Gasteiger partial charge in [0.1, 0.15) is 11.5 Å². The van der Waals surface area contributed by atoms with Gasteiger partial charge in [0.25, 0.3) is 5.91 Å². The van der Waals surface area contributed by atoms with Crippen molar-refractivity contribution in [1.29, 1.82) is 0 Å². The standard InChI is InChI=1S/C20H14N2O3S2/c1-25-16-8-9-17-12(10-16)2-3-13(21-17)11-18-19(24)22(20(26)27-18)14-4-6-15(23)7-5-14/h2-11,23H,1H3. The number of carbonyl (C=O) groups excluding carboxylic acids is 1. The Balaban J connectivity index is 1.66. The molecule has 27 heavy (non-hydrogen) atoms. The molecule has 5 nitrogen and oxygen atoms in total. The number of aromatic hydroxyl groups is 1. The van der Waals surface area contributed by atoms with Crippen molar-refractivity contribution in [2.45, 2.75) is 0 Å². The zero-order chi connectivity index (χ0) is 19.0. The Hall–Kier alpha value is -2.90. The Morgan fingerprint density at radius 2 is 1.93 bits per heavy atom. The van der Waals surface area contributed by atoms with Gasteiger partial charge in [-0.3, -0.25) is 9.69 Å². The SMILES string of the molecule is COc1ccc2nc(C=C3SC(=S)N(c4ccc(O)cc4)C3=O)ccc2c1. The summed E-state index contributed by atoms with van der Waals surface area (Å²) in [6, 6.07) is 15.8. The zero-order valence-electron chi connectivity index (χ0n) is 14.2. The van der Waals surface area contributed by atoms with Gasteiger partial charge in [-0.05, 0) is 54.6 Å². The summed E-state index contributed by atoms with van der Waals surface area (Å²) in [6.07, 6.45) is 1.74. The molecule has 1 fully saturated rings. The number of rotatable bonds is 3. The Labute approximate surface area is 165 Å². The number of benzene rings is 2. The molecular weight excluding hydrogens is 380 g/mol. The van der Waals surface area contributed by atoms with Crippen LogP contribution in [0.2, 0.25) is 0 Å². The monoisotopic (exact) mass is 394 g/mol. The largest absolute Gasteiger partial charge is 0.508 e. The zero-order valence-corrected chi connectivity index (χ0v) is 15.9.